The van der Waals surface area contributed by atoms with Crippen LogP contribution < -0.4 is 21.3 Å². The number of hydrogen-bond donors (Lipinski definition) is 4. The number of ether oxygens (including phenoxy) is 3. The zero-order valence-electron chi connectivity index (χ0n) is 36.9. The van der Waals surface area contributed by atoms with E-state index in [4.69, 9.17) is 20.6 Å². The van der Waals surface area contributed by atoms with Gasteiger partial charge in [0.05, 0.1) is 32.4 Å². The fourth-order valence-electron chi connectivity index (χ4n) is 6.92. The minimum absolute atomic E-state index is 0.0419. The largest absolute Gasteiger partial charge is 0.509 e. The summed E-state index contributed by atoms with van der Waals surface area (Å²) in [4.78, 5) is 85.0. The monoisotopic (exact) mass is 971 g/mol. The number of aryl methyl sites for hydroxylation is 1. The molecule has 2 aromatic carbocycles. The van der Waals surface area contributed by atoms with E-state index in [0.717, 1.165) is 11.1 Å². The number of halogens is 1. The first-order valence-electron chi connectivity index (χ1n) is 21.6. The molecule has 15 heteroatoms. The van der Waals surface area contributed by atoms with Gasteiger partial charge in [-0.25, -0.2) is 4.79 Å². The second kappa shape index (κ2) is 27.5. The van der Waals surface area contributed by atoms with Gasteiger partial charge in [-0.05, 0) is 68.4 Å². The summed E-state index contributed by atoms with van der Waals surface area (Å²) in [6, 6.07) is 14.5. The first-order chi connectivity index (χ1) is 29.6. The molecule has 1 heterocycles. The molecule has 0 bridgehead atoms. The molecule has 4 N–H and O–H groups in total. The Labute approximate surface area is 381 Å². The zero-order valence-corrected chi connectivity index (χ0v) is 39.1. The number of terminal acetylenes is 1. The number of carbonyl (C=O) groups excluding carboxylic acids is 6. The predicted octanol–water partition coefficient (Wildman–Crippen LogP) is 4.95. The first kappa shape index (κ1) is 51.8. The van der Waals surface area contributed by atoms with E-state index in [1.807, 2.05) is 116 Å². The van der Waals surface area contributed by atoms with Crippen molar-refractivity contribution in [1.29, 1.82) is 0 Å². The number of nitrogens with one attached hydrogen (secondary N) is 4. The van der Waals surface area contributed by atoms with Gasteiger partial charge in [-0.3, -0.25) is 28.9 Å². The van der Waals surface area contributed by atoms with Crippen molar-refractivity contribution in [3.63, 3.8) is 0 Å². The fourth-order valence-corrected chi connectivity index (χ4v) is 7.45. The molecule has 1 aliphatic heterocycles. The molecule has 1 aliphatic rings. The van der Waals surface area contributed by atoms with Crippen LogP contribution in [-0.2, 0) is 51.0 Å². The fraction of sp³-hybridized carbons (Fsp3) is 0.574. The van der Waals surface area contributed by atoms with Crippen molar-refractivity contribution in [3.8, 4) is 12.3 Å². The van der Waals surface area contributed by atoms with Crippen molar-refractivity contribution < 1.29 is 43.0 Å². The molecule has 14 nitrogen and oxygen atoms in total. The minimum atomic E-state index is -1.64. The Morgan fingerprint density at radius 3 is 1.92 bits per heavy atom. The van der Waals surface area contributed by atoms with Crippen LogP contribution in [0.4, 0.5) is 4.79 Å². The van der Waals surface area contributed by atoms with Crippen molar-refractivity contribution in [2.24, 2.45) is 11.8 Å². The standard InChI is InChI=1S/C47H66IN5O9/c1-7-8-9-16-25-61-46(59)62-47(6,32-48)42(55)38(28-33(2)3)50-45(58)40(30-36-19-14-11-15-20-36)52-44(57)39(29-34(4)5)51-43(56)37(22-21-35-17-12-10-13-18-35)49-41(54)31-53-23-26-60-27-24-53/h1,10-15,17-20,33-34,37-40H,8-9,16,21-32H2,2-6H3,(H,49,54)(H,50,58)(H,51,56)(H,52,57)/t37-,38-,39?,40-,47+/m0/s1. The molecule has 0 spiro atoms. The molecule has 2 aromatic rings. The number of amides is 4. The van der Waals surface area contributed by atoms with Crippen LogP contribution in [0.15, 0.2) is 60.7 Å². The highest BCUT2D eigenvalue weighted by molar-refractivity contribution is 14.1. The molecule has 0 aliphatic carbocycles. The highest BCUT2D eigenvalue weighted by Crippen LogP contribution is 2.22. The van der Waals surface area contributed by atoms with E-state index in [-0.39, 0.29) is 61.0 Å². The van der Waals surface area contributed by atoms with Crippen molar-refractivity contribution >= 4 is 58.2 Å². The van der Waals surface area contributed by atoms with Gasteiger partial charge in [0.2, 0.25) is 23.6 Å². The molecule has 62 heavy (non-hydrogen) atoms. The van der Waals surface area contributed by atoms with Gasteiger partial charge in [-0.1, -0.05) is 111 Å². The number of nitrogens with zero attached hydrogens (tertiary/aromatic N) is 1. The van der Waals surface area contributed by atoms with E-state index in [2.05, 4.69) is 27.2 Å². The Bertz CT molecular complexity index is 1770. The molecule has 1 saturated heterocycles. The van der Waals surface area contributed by atoms with E-state index in [9.17, 15) is 28.8 Å². The lowest BCUT2D eigenvalue weighted by molar-refractivity contribution is -0.141. The van der Waals surface area contributed by atoms with Gasteiger partial charge < -0.3 is 35.5 Å². The lowest BCUT2D eigenvalue weighted by Gasteiger charge is -2.32. The van der Waals surface area contributed by atoms with Gasteiger partial charge >= 0.3 is 6.16 Å². The van der Waals surface area contributed by atoms with Crippen LogP contribution in [0, 0.1) is 24.2 Å². The van der Waals surface area contributed by atoms with E-state index in [0.29, 0.717) is 52.0 Å². The molecule has 1 unspecified atom stereocenters. The number of alkyl halides is 1. The quantitative estimate of drug-likeness (QED) is 0.0332. The maximum atomic E-state index is 14.4. The molecule has 4 amide bonds. The van der Waals surface area contributed by atoms with E-state index in [1.165, 1.54) is 6.92 Å². The molecular weight excluding hydrogens is 905 g/mol. The number of ketones is 1. The molecule has 0 radical (unpaired) electrons. The Morgan fingerprint density at radius 1 is 0.774 bits per heavy atom. The second-order valence-corrected chi connectivity index (χ2v) is 17.5. The highest BCUT2D eigenvalue weighted by atomic mass is 127. The molecule has 0 saturated carbocycles. The summed E-state index contributed by atoms with van der Waals surface area (Å²) in [6.45, 7) is 11.6. The average molecular weight is 972 g/mol. The predicted molar refractivity (Wildman–Crippen MR) is 246 cm³/mol. The first-order valence-corrected chi connectivity index (χ1v) is 23.1. The third-order valence-electron chi connectivity index (χ3n) is 10.3. The van der Waals surface area contributed by atoms with E-state index < -0.39 is 59.4 Å². The van der Waals surface area contributed by atoms with Crippen LogP contribution in [0.1, 0.15) is 84.3 Å². The van der Waals surface area contributed by atoms with Gasteiger partial charge in [0.1, 0.15) is 18.1 Å². The van der Waals surface area contributed by atoms with E-state index in [1.54, 1.807) is 0 Å². The Balaban J connectivity index is 1.84. The maximum absolute atomic E-state index is 14.4. The van der Waals surface area contributed by atoms with Crippen LogP contribution in [-0.4, -0.2) is 114 Å². The normalized spacial score (nSPS) is 15.8. The van der Waals surface area contributed by atoms with Gasteiger partial charge in [0.15, 0.2) is 11.4 Å². The van der Waals surface area contributed by atoms with E-state index >= 15 is 0 Å². The maximum Gasteiger partial charge on any atom is 0.509 e. The van der Waals surface area contributed by atoms with Gasteiger partial charge in [0.25, 0.3) is 0 Å². The third-order valence-corrected chi connectivity index (χ3v) is 11.8. The summed E-state index contributed by atoms with van der Waals surface area (Å²) >= 11 is 1.96. The number of rotatable bonds is 26. The third kappa shape index (κ3) is 18.8. The van der Waals surface area contributed by atoms with Gasteiger partial charge in [0, 0.05) is 30.4 Å². The highest BCUT2D eigenvalue weighted by Gasteiger charge is 2.43. The Kier molecular flexibility index (Phi) is 23.0. The summed E-state index contributed by atoms with van der Waals surface area (Å²) in [5.74, 6) is -0.139. The minimum Gasteiger partial charge on any atom is -0.434 e. The van der Waals surface area contributed by atoms with Crippen molar-refractivity contribution in [2.45, 2.75) is 116 Å². The lowest BCUT2D eigenvalue weighted by Crippen LogP contribution is -2.60. The smallest absolute Gasteiger partial charge is 0.434 e. The molecule has 340 valence electrons. The van der Waals surface area contributed by atoms with Crippen molar-refractivity contribution in [3.05, 3.63) is 71.8 Å². The lowest BCUT2D eigenvalue weighted by atomic mass is 9.90. The van der Waals surface area contributed by atoms with Crippen molar-refractivity contribution in [1.82, 2.24) is 26.2 Å². The number of unbranched alkanes of at least 4 members (excludes halogenated alkanes) is 2. The second-order valence-electron chi connectivity index (χ2n) is 16.8. The molecule has 1 fully saturated rings. The van der Waals surface area contributed by atoms with Crippen molar-refractivity contribution in [2.75, 3.05) is 43.9 Å². The number of hydrogen-bond acceptors (Lipinski definition) is 10. The van der Waals surface area contributed by atoms with Gasteiger partial charge in [-0.2, -0.15) is 0 Å². The topological polar surface area (TPSA) is 181 Å². The average Bonchev–Trinajstić information content (AvgIpc) is 3.24. The number of morpholine rings is 1. The molecule has 0 aromatic heterocycles. The molecule has 5 atom stereocenters. The molecule has 3 rings (SSSR count). The van der Waals surface area contributed by atoms with Gasteiger partial charge in [-0.15, -0.1) is 12.3 Å². The Morgan fingerprint density at radius 2 is 1.32 bits per heavy atom. The Hall–Kier alpha value is -4.53. The number of carbonyl (C=O) groups is 6. The summed E-state index contributed by atoms with van der Waals surface area (Å²) in [5.41, 5.74) is 0.104. The van der Waals surface area contributed by atoms with Crippen LogP contribution >= 0.6 is 22.6 Å². The summed E-state index contributed by atoms with van der Waals surface area (Å²) in [7, 11) is 0. The number of benzene rings is 2. The summed E-state index contributed by atoms with van der Waals surface area (Å²) in [5, 5.41) is 11.6. The zero-order chi connectivity index (χ0) is 45.5. The van der Waals surface area contributed by atoms with Crippen LogP contribution in [0.25, 0.3) is 0 Å². The van der Waals surface area contributed by atoms with Crippen LogP contribution in [0.3, 0.4) is 0 Å². The number of Topliss-reactive ketones (excluding diaryl/α,β-unsaturated/α-hetero) is 1. The summed E-state index contributed by atoms with van der Waals surface area (Å²) < 4.78 is 16.3. The SMILES string of the molecule is C#CCCCCOC(=O)O[C@](C)(CI)C(=O)[C@H](CC(C)C)NC(=O)[C@H](Cc1ccccc1)NC(=O)C(CC(C)C)NC(=O)[C@H](CCc1ccccc1)NC(=O)CN1CCOCC1. The molecular formula is C47H66IN5O9. The van der Waals surface area contributed by atoms with Crippen LogP contribution in [0.5, 0.6) is 0 Å². The summed E-state index contributed by atoms with van der Waals surface area (Å²) in [6.07, 6.45) is 7.38. The van der Waals surface area contributed by atoms with Crippen LogP contribution in [0.2, 0.25) is 0 Å².